The number of fused-ring (bicyclic) bond motifs is 6. The molecule has 47 heavy (non-hydrogen) atoms. The van der Waals surface area contributed by atoms with E-state index in [1.54, 1.807) is 22.7 Å². The summed E-state index contributed by atoms with van der Waals surface area (Å²) in [6, 6.07) is 8.23. The fourth-order valence-corrected chi connectivity index (χ4v) is 8.06. The molecular weight excluding hydrogens is 633 g/mol. The van der Waals surface area contributed by atoms with Crippen molar-refractivity contribution in [3.05, 3.63) is 24.3 Å². The first-order valence-electron chi connectivity index (χ1n) is 15.8. The Morgan fingerprint density at radius 3 is 1.57 bits per heavy atom. The SMILES string of the molecule is CNc1ccc2c(n1)sc1c(N3CCNCC3)nc(NC)nc12.CNc1nc(N2CCNCC2)c2sc3nc(N(C)C)ccc3c2n1. The van der Waals surface area contributed by atoms with Gasteiger partial charge in [-0.15, -0.1) is 22.7 Å². The van der Waals surface area contributed by atoms with E-state index in [2.05, 4.69) is 58.5 Å². The molecule has 0 saturated carbocycles. The van der Waals surface area contributed by atoms with E-state index in [9.17, 15) is 0 Å². The van der Waals surface area contributed by atoms with Gasteiger partial charge in [0, 0.05) is 98.4 Å². The van der Waals surface area contributed by atoms with Crippen LogP contribution in [0.1, 0.15) is 0 Å². The number of anilines is 6. The Morgan fingerprint density at radius 1 is 0.617 bits per heavy atom. The molecule has 8 rings (SSSR count). The van der Waals surface area contributed by atoms with E-state index in [0.29, 0.717) is 11.9 Å². The second-order valence-electron chi connectivity index (χ2n) is 11.5. The summed E-state index contributed by atoms with van der Waals surface area (Å²) in [6.45, 7) is 7.75. The summed E-state index contributed by atoms with van der Waals surface area (Å²) in [6.07, 6.45) is 0. The van der Waals surface area contributed by atoms with Gasteiger partial charge in [-0.3, -0.25) is 0 Å². The highest BCUT2D eigenvalue weighted by molar-refractivity contribution is 7.26. The van der Waals surface area contributed by atoms with Gasteiger partial charge in [-0.25, -0.2) is 19.9 Å². The number of nitrogens with zero attached hydrogens (tertiary/aromatic N) is 9. The van der Waals surface area contributed by atoms with Crippen molar-refractivity contribution in [1.82, 2.24) is 40.5 Å². The molecule has 2 aliphatic rings. The van der Waals surface area contributed by atoms with Gasteiger partial charge in [0.05, 0.1) is 20.4 Å². The second kappa shape index (κ2) is 13.4. The molecule has 14 nitrogen and oxygen atoms in total. The molecule has 16 heteroatoms. The minimum Gasteiger partial charge on any atom is -0.373 e. The Bertz CT molecular complexity index is 2030. The third kappa shape index (κ3) is 6.08. The quantitative estimate of drug-likeness (QED) is 0.176. The molecule has 0 aromatic carbocycles. The van der Waals surface area contributed by atoms with E-state index >= 15 is 0 Å². The van der Waals surface area contributed by atoms with Crippen LogP contribution in [0.2, 0.25) is 0 Å². The van der Waals surface area contributed by atoms with Gasteiger partial charge in [-0.1, -0.05) is 0 Å². The zero-order valence-corrected chi connectivity index (χ0v) is 28.9. The van der Waals surface area contributed by atoms with E-state index in [4.69, 9.17) is 19.9 Å². The molecule has 0 spiro atoms. The zero-order chi connectivity index (χ0) is 32.5. The standard InChI is InChI=1S/C16H21N7S.C15H19N7S/c1-17-16-20-12-10-4-5-11(22(2)3)19-15(10)24-13(12)14(21-16)23-8-6-18-7-9-23;1-16-10-4-3-9-11-12(23-14(9)19-10)13(21-15(17-2)20-11)22-7-5-18-6-8-22/h4-5,18H,6-9H2,1-3H3,(H,17,20,21);3-4,18H,5-8H2,1-2H3,(H,16,19)(H,17,20,21). The lowest BCUT2D eigenvalue weighted by Gasteiger charge is -2.28. The van der Waals surface area contributed by atoms with Crippen molar-refractivity contribution in [2.75, 3.05) is 118 Å². The maximum absolute atomic E-state index is 4.78. The number of rotatable bonds is 6. The van der Waals surface area contributed by atoms with Crippen molar-refractivity contribution in [1.29, 1.82) is 0 Å². The van der Waals surface area contributed by atoms with Crippen molar-refractivity contribution in [2.45, 2.75) is 0 Å². The van der Waals surface area contributed by atoms with E-state index in [-0.39, 0.29) is 0 Å². The maximum atomic E-state index is 4.78. The lowest BCUT2D eigenvalue weighted by molar-refractivity contribution is 0.586. The van der Waals surface area contributed by atoms with Crippen LogP contribution in [-0.4, -0.2) is 118 Å². The monoisotopic (exact) mass is 672 g/mol. The van der Waals surface area contributed by atoms with Crippen LogP contribution in [0, 0.1) is 0 Å². The summed E-state index contributed by atoms with van der Waals surface area (Å²) < 4.78 is 2.23. The average molecular weight is 673 g/mol. The summed E-state index contributed by atoms with van der Waals surface area (Å²) in [5, 5.41) is 18.2. The van der Waals surface area contributed by atoms with Gasteiger partial charge in [0.15, 0.2) is 11.6 Å². The molecule has 0 amide bonds. The lowest BCUT2D eigenvalue weighted by atomic mass is 10.2. The van der Waals surface area contributed by atoms with Crippen LogP contribution >= 0.6 is 22.7 Å². The van der Waals surface area contributed by atoms with Gasteiger partial charge < -0.3 is 41.3 Å². The minimum absolute atomic E-state index is 0.656. The highest BCUT2D eigenvalue weighted by Gasteiger charge is 2.22. The van der Waals surface area contributed by atoms with Gasteiger partial charge in [-0.05, 0) is 24.3 Å². The molecule has 2 aliphatic heterocycles. The molecule has 6 aromatic rings. The van der Waals surface area contributed by atoms with Gasteiger partial charge in [0.2, 0.25) is 11.9 Å². The Hall–Kier alpha value is -4.38. The van der Waals surface area contributed by atoms with Crippen LogP contribution in [0.3, 0.4) is 0 Å². The number of hydrogen-bond donors (Lipinski definition) is 5. The van der Waals surface area contributed by atoms with Crippen molar-refractivity contribution in [3.63, 3.8) is 0 Å². The lowest BCUT2D eigenvalue weighted by Crippen LogP contribution is -2.44. The minimum atomic E-state index is 0.656. The predicted octanol–water partition coefficient (Wildman–Crippen LogP) is 3.49. The van der Waals surface area contributed by atoms with E-state index in [1.165, 1.54) is 0 Å². The van der Waals surface area contributed by atoms with E-state index in [0.717, 1.165) is 116 Å². The van der Waals surface area contributed by atoms with Crippen LogP contribution in [0.15, 0.2) is 24.3 Å². The number of thiophene rings is 2. The maximum Gasteiger partial charge on any atom is 0.225 e. The molecule has 0 radical (unpaired) electrons. The fraction of sp³-hybridized carbons (Fsp3) is 0.419. The number of aromatic nitrogens is 6. The van der Waals surface area contributed by atoms with Crippen LogP contribution in [0.4, 0.5) is 35.2 Å². The zero-order valence-electron chi connectivity index (χ0n) is 27.3. The molecule has 0 unspecified atom stereocenters. The largest absolute Gasteiger partial charge is 0.373 e. The van der Waals surface area contributed by atoms with Gasteiger partial charge >= 0.3 is 0 Å². The van der Waals surface area contributed by atoms with Crippen LogP contribution in [-0.2, 0) is 0 Å². The predicted molar refractivity (Wildman–Crippen MR) is 199 cm³/mol. The highest BCUT2D eigenvalue weighted by atomic mass is 32.1. The van der Waals surface area contributed by atoms with Crippen molar-refractivity contribution >= 4 is 98.7 Å². The number of nitrogens with one attached hydrogen (secondary N) is 5. The molecule has 0 bridgehead atoms. The Balaban J connectivity index is 0.000000150. The third-order valence-corrected chi connectivity index (χ3v) is 10.5. The molecule has 246 valence electrons. The van der Waals surface area contributed by atoms with E-state index < -0.39 is 0 Å². The normalized spacial score (nSPS) is 15.3. The van der Waals surface area contributed by atoms with Gasteiger partial charge in [0.25, 0.3) is 0 Å². The summed E-state index contributed by atoms with van der Waals surface area (Å²) in [5.41, 5.74) is 1.97. The first kappa shape index (κ1) is 31.2. The topological polar surface area (TPSA) is 147 Å². The third-order valence-electron chi connectivity index (χ3n) is 8.30. The van der Waals surface area contributed by atoms with Gasteiger partial charge in [-0.2, -0.15) is 9.97 Å². The summed E-state index contributed by atoms with van der Waals surface area (Å²) in [7, 11) is 9.61. The average Bonchev–Trinajstić information content (AvgIpc) is 3.69. The molecule has 2 saturated heterocycles. The summed E-state index contributed by atoms with van der Waals surface area (Å²) >= 11 is 3.34. The van der Waals surface area contributed by atoms with Crippen molar-refractivity contribution < 1.29 is 0 Å². The fourth-order valence-electron chi connectivity index (χ4n) is 5.80. The Morgan fingerprint density at radius 2 is 1.11 bits per heavy atom. The van der Waals surface area contributed by atoms with E-state index in [1.807, 2.05) is 52.3 Å². The second-order valence-corrected chi connectivity index (χ2v) is 13.5. The molecule has 8 heterocycles. The Kier molecular flexibility index (Phi) is 8.90. The molecule has 0 aliphatic carbocycles. The Labute approximate surface area is 281 Å². The smallest absolute Gasteiger partial charge is 0.225 e. The van der Waals surface area contributed by atoms with Crippen molar-refractivity contribution in [2.24, 2.45) is 0 Å². The summed E-state index contributed by atoms with van der Waals surface area (Å²) in [4.78, 5) is 37.0. The first-order valence-corrected chi connectivity index (χ1v) is 17.4. The first-order chi connectivity index (χ1) is 23.0. The van der Waals surface area contributed by atoms with Gasteiger partial charge in [0.1, 0.15) is 21.3 Å². The number of hydrogen-bond acceptors (Lipinski definition) is 16. The molecule has 6 aromatic heterocycles. The summed E-state index contributed by atoms with van der Waals surface area (Å²) in [5.74, 6) is 5.17. The molecular formula is C31H40N14S2. The van der Waals surface area contributed by atoms with Crippen molar-refractivity contribution in [3.8, 4) is 0 Å². The number of piperazine rings is 2. The molecule has 2 fully saturated rings. The van der Waals surface area contributed by atoms with Crippen LogP contribution < -0.4 is 41.3 Å². The molecule has 0 atom stereocenters. The highest BCUT2D eigenvalue weighted by Crippen LogP contribution is 2.39. The van der Waals surface area contributed by atoms with Crippen LogP contribution in [0.5, 0.6) is 0 Å². The number of pyridine rings is 2. The molecule has 5 N–H and O–H groups in total. The van der Waals surface area contributed by atoms with Crippen LogP contribution in [0.25, 0.3) is 40.9 Å².